The molecule has 0 saturated carbocycles. The smallest absolute Gasteiger partial charge is 0.298 e. The predicted octanol–water partition coefficient (Wildman–Crippen LogP) is 2.78. The minimum Gasteiger partial charge on any atom is -0.423 e. The summed E-state index contributed by atoms with van der Waals surface area (Å²) in [6.45, 7) is 1.67. The van der Waals surface area contributed by atoms with Crippen LogP contribution in [-0.4, -0.2) is 26.8 Å². The van der Waals surface area contributed by atoms with Crippen molar-refractivity contribution in [1.82, 2.24) is 19.7 Å². The summed E-state index contributed by atoms with van der Waals surface area (Å²) < 4.78 is 8.06. The van der Waals surface area contributed by atoms with E-state index in [4.69, 9.17) is 4.42 Å². The van der Waals surface area contributed by atoms with Crippen molar-refractivity contribution < 1.29 is 4.42 Å². The molecule has 4 rings (SSSR count). The second-order valence-electron chi connectivity index (χ2n) is 5.81. The van der Waals surface area contributed by atoms with Gasteiger partial charge in [-0.25, -0.2) is 0 Å². The minimum atomic E-state index is 0.618. The van der Waals surface area contributed by atoms with Gasteiger partial charge in [0.25, 0.3) is 6.01 Å². The molecule has 3 aromatic rings. The second-order valence-corrected chi connectivity index (χ2v) is 5.81. The lowest BCUT2D eigenvalue weighted by Gasteiger charge is -2.14. The molecule has 0 unspecified atom stereocenters. The molecule has 2 aromatic heterocycles. The quantitative estimate of drug-likeness (QED) is 0.744. The van der Waals surface area contributed by atoms with Crippen LogP contribution in [0.3, 0.4) is 0 Å². The molecule has 0 spiro atoms. The molecule has 22 heavy (non-hydrogen) atoms. The maximum Gasteiger partial charge on any atom is 0.298 e. The summed E-state index contributed by atoms with van der Waals surface area (Å²) in [5, 5.41) is 8.70. The molecule has 6 nitrogen and oxygen atoms in total. The van der Waals surface area contributed by atoms with E-state index in [0.29, 0.717) is 12.6 Å². The number of hydrogen-bond donors (Lipinski definition) is 0. The molecule has 6 heteroatoms. The average Bonchev–Trinajstić information content (AvgIpc) is 3.04. The first-order valence-corrected chi connectivity index (χ1v) is 7.79. The highest BCUT2D eigenvalue weighted by atomic mass is 16.4. The summed E-state index contributed by atoms with van der Waals surface area (Å²) >= 11 is 0. The molecule has 0 radical (unpaired) electrons. The van der Waals surface area contributed by atoms with Gasteiger partial charge < -0.3 is 13.9 Å². The van der Waals surface area contributed by atoms with Gasteiger partial charge in [0.2, 0.25) is 0 Å². The number of fused-ring (bicyclic) bond motifs is 2. The molecule has 1 aliphatic heterocycles. The van der Waals surface area contributed by atoms with Crippen molar-refractivity contribution in [3.8, 4) is 0 Å². The maximum absolute atomic E-state index is 5.80. The molecule has 0 saturated heterocycles. The average molecular weight is 297 g/mol. The normalized spacial score (nSPS) is 14.8. The van der Waals surface area contributed by atoms with E-state index >= 15 is 0 Å². The summed E-state index contributed by atoms with van der Waals surface area (Å²) in [6.07, 6.45) is 4.70. The number of aromatic nitrogens is 4. The third kappa shape index (κ3) is 2.34. The van der Waals surface area contributed by atoms with Crippen molar-refractivity contribution in [2.24, 2.45) is 0 Å². The predicted molar refractivity (Wildman–Crippen MR) is 83.7 cm³/mol. The van der Waals surface area contributed by atoms with Crippen LogP contribution in [0.15, 0.2) is 28.7 Å². The number of benzene rings is 1. The van der Waals surface area contributed by atoms with Crippen LogP contribution < -0.4 is 4.90 Å². The molecular formula is C16H19N5O. The van der Waals surface area contributed by atoms with E-state index in [1.165, 1.54) is 19.3 Å². The number of oxazole rings is 1. The van der Waals surface area contributed by atoms with E-state index < -0.39 is 0 Å². The van der Waals surface area contributed by atoms with Crippen LogP contribution in [0.5, 0.6) is 0 Å². The molecule has 0 N–H and O–H groups in total. The molecule has 1 aliphatic rings. The summed E-state index contributed by atoms with van der Waals surface area (Å²) in [7, 11) is 1.98. The SMILES string of the molecule is CN(Cc1nnc2n1CCCCC2)c1nc2ccccc2o1. The van der Waals surface area contributed by atoms with E-state index in [2.05, 4.69) is 19.7 Å². The number of aryl methyl sites for hydroxylation is 1. The molecule has 114 valence electrons. The van der Waals surface area contributed by atoms with E-state index in [9.17, 15) is 0 Å². The van der Waals surface area contributed by atoms with Gasteiger partial charge in [0.15, 0.2) is 11.4 Å². The van der Waals surface area contributed by atoms with Crippen LogP contribution in [0.1, 0.15) is 30.9 Å². The van der Waals surface area contributed by atoms with E-state index in [0.717, 1.165) is 35.7 Å². The minimum absolute atomic E-state index is 0.618. The van der Waals surface area contributed by atoms with Crippen molar-refractivity contribution in [3.05, 3.63) is 35.9 Å². The lowest BCUT2D eigenvalue weighted by Crippen LogP contribution is -2.20. The Morgan fingerprint density at radius 1 is 1.18 bits per heavy atom. The maximum atomic E-state index is 5.80. The van der Waals surface area contributed by atoms with Crippen LogP contribution in [-0.2, 0) is 19.5 Å². The largest absolute Gasteiger partial charge is 0.423 e. The van der Waals surface area contributed by atoms with Gasteiger partial charge >= 0.3 is 0 Å². The highest BCUT2D eigenvalue weighted by Gasteiger charge is 2.18. The fourth-order valence-corrected chi connectivity index (χ4v) is 2.97. The first-order chi connectivity index (χ1) is 10.8. The van der Waals surface area contributed by atoms with E-state index in [1.54, 1.807) is 0 Å². The zero-order valence-electron chi connectivity index (χ0n) is 12.7. The lowest BCUT2D eigenvalue weighted by molar-refractivity contribution is 0.561. The van der Waals surface area contributed by atoms with Crippen molar-refractivity contribution >= 4 is 17.1 Å². The number of nitrogens with zero attached hydrogens (tertiary/aromatic N) is 5. The Hall–Kier alpha value is -2.37. The fraction of sp³-hybridized carbons (Fsp3) is 0.438. The van der Waals surface area contributed by atoms with Crippen LogP contribution in [0.25, 0.3) is 11.1 Å². The van der Waals surface area contributed by atoms with Crippen molar-refractivity contribution in [2.45, 2.75) is 38.8 Å². The van der Waals surface area contributed by atoms with E-state index in [1.807, 2.05) is 36.2 Å². The zero-order chi connectivity index (χ0) is 14.9. The lowest BCUT2D eigenvalue weighted by atomic mass is 10.2. The standard InChI is InChI=1S/C16H19N5O/c1-20(16-17-12-7-4-5-8-13(12)22-16)11-15-19-18-14-9-3-2-6-10-21(14)15/h4-5,7-8H,2-3,6,9-11H2,1H3. The van der Waals surface area contributed by atoms with Crippen molar-refractivity contribution in [3.63, 3.8) is 0 Å². The Morgan fingerprint density at radius 2 is 2.09 bits per heavy atom. The fourth-order valence-electron chi connectivity index (χ4n) is 2.97. The van der Waals surface area contributed by atoms with Crippen LogP contribution >= 0.6 is 0 Å². The second kappa shape index (κ2) is 5.44. The highest BCUT2D eigenvalue weighted by molar-refractivity contribution is 5.74. The number of para-hydroxylation sites is 2. The Kier molecular flexibility index (Phi) is 3.29. The third-order valence-corrected chi connectivity index (χ3v) is 4.17. The molecule has 0 amide bonds. The number of hydrogen-bond acceptors (Lipinski definition) is 5. The summed E-state index contributed by atoms with van der Waals surface area (Å²) in [4.78, 5) is 6.51. The molecule has 0 bridgehead atoms. The molecule has 1 aromatic carbocycles. The van der Waals surface area contributed by atoms with Gasteiger partial charge in [-0.05, 0) is 25.0 Å². The summed E-state index contributed by atoms with van der Waals surface area (Å²) in [5.74, 6) is 2.10. The van der Waals surface area contributed by atoms with Crippen LogP contribution in [0.2, 0.25) is 0 Å². The highest BCUT2D eigenvalue weighted by Crippen LogP contribution is 2.22. The van der Waals surface area contributed by atoms with Gasteiger partial charge in [-0.2, -0.15) is 4.98 Å². The first-order valence-electron chi connectivity index (χ1n) is 7.79. The van der Waals surface area contributed by atoms with Gasteiger partial charge in [-0.3, -0.25) is 0 Å². The summed E-state index contributed by atoms with van der Waals surface area (Å²) in [5.41, 5.74) is 1.69. The van der Waals surface area contributed by atoms with Gasteiger partial charge in [0.05, 0.1) is 6.54 Å². The Labute approximate surface area is 128 Å². The number of rotatable bonds is 3. The van der Waals surface area contributed by atoms with Gasteiger partial charge in [-0.15, -0.1) is 10.2 Å². The molecule has 0 aliphatic carbocycles. The number of anilines is 1. The van der Waals surface area contributed by atoms with Crippen LogP contribution in [0, 0.1) is 0 Å². The van der Waals surface area contributed by atoms with Crippen LogP contribution in [0.4, 0.5) is 6.01 Å². The van der Waals surface area contributed by atoms with Crippen molar-refractivity contribution in [2.75, 3.05) is 11.9 Å². The van der Waals surface area contributed by atoms with E-state index in [-0.39, 0.29) is 0 Å². The molecule has 0 atom stereocenters. The first kappa shape index (κ1) is 13.3. The molecule has 3 heterocycles. The Balaban J connectivity index is 1.59. The third-order valence-electron chi connectivity index (χ3n) is 4.17. The van der Waals surface area contributed by atoms with Gasteiger partial charge in [-0.1, -0.05) is 18.6 Å². The Bertz CT molecular complexity index is 758. The Morgan fingerprint density at radius 3 is 3.00 bits per heavy atom. The van der Waals surface area contributed by atoms with Gasteiger partial charge in [0, 0.05) is 20.0 Å². The summed E-state index contributed by atoms with van der Waals surface area (Å²) in [6, 6.07) is 8.43. The van der Waals surface area contributed by atoms with Gasteiger partial charge in [0.1, 0.15) is 11.3 Å². The molecular weight excluding hydrogens is 278 g/mol. The monoisotopic (exact) mass is 297 g/mol. The van der Waals surface area contributed by atoms with Crippen molar-refractivity contribution in [1.29, 1.82) is 0 Å². The topological polar surface area (TPSA) is 60.0 Å². The molecule has 0 fully saturated rings. The zero-order valence-corrected chi connectivity index (χ0v) is 12.7.